The molecule has 1 heterocycles. The van der Waals surface area contributed by atoms with Gasteiger partial charge in [0.1, 0.15) is 5.82 Å². The van der Waals surface area contributed by atoms with Gasteiger partial charge >= 0.3 is 0 Å². The van der Waals surface area contributed by atoms with Crippen molar-refractivity contribution in [3.63, 3.8) is 0 Å². The van der Waals surface area contributed by atoms with Crippen LogP contribution in [0.5, 0.6) is 0 Å². The number of imidazole rings is 1. The Kier molecular flexibility index (Phi) is 4.64. The van der Waals surface area contributed by atoms with Crippen LogP contribution in [0.2, 0.25) is 0 Å². The Labute approximate surface area is 78.0 Å². The lowest BCUT2D eigenvalue weighted by Gasteiger charge is -1.95. The minimum Gasteiger partial charge on any atom is -0.348 e. The summed E-state index contributed by atoms with van der Waals surface area (Å²) in [5.74, 6) is 1.58. The lowest BCUT2D eigenvalue weighted by Crippen LogP contribution is -1.88. The van der Waals surface area contributed by atoms with Crippen LogP contribution in [-0.4, -0.2) is 29.2 Å². The summed E-state index contributed by atoms with van der Waals surface area (Å²) in [7, 11) is -3.67. The first-order valence-corrected chi connectivity index (χ1v) is 5.57. The van der Waals surface area contributed by atoms with E-state index < -0.39 is 10.1 Å². The number of rotatable bonds is 1. The van der Waals surface area contributed by atoms with Crippen LogP contribution >= 0.6 is 0 Å². The van der Waals surface area contributed by atoms with Gasteiger partial charge in [0, 0.05) is 18.3 Å². The molecular weight excluding hydrogens is 192 g/mol. The summed E-state index contributed by atoms with van der Waals surface area (Å²) in [6.07, 6.45) is 4.33. The van der Waals surface area contributed by atoms with Crippen LogP contribution < -0.4 is 0 Å². The van der Waals surface area contributed by atoms with Crippen LogP contribution in [-0.2, 0) is 10.1 Å². The van der Waals surface area contributed by atoms with Crippen molar-refractivity contribution >= 4 is 10.1 Å². The Balaban J connectivity index is 0.000000252. The van der Waals surface area contributed by atoms with Crippen molar-refractivity contribution in [3.8, 4) is 0 Å². The topological polar surface area (TPSA) is 83.0 Å². The second-order valence-electron chi connectivity index (χ2n) is 2.86. The number of nitrogens with one attached hydrogen (secondary N) is 1. The van der Waals surface area contributed by atoms with Gasteiger partial charge < -0.3 is 4.98 Å². The van der Waals surface area contributed by atoms with E-state index in [2.05, 4.69) is 23.8 Å². The number of hydrogen-bond donors (Lipinski definition) is 2. The van der Waals surface area contributed by atoms with Gasteiger partial charge in [-0.3, -0.25) is 4.55 Å². The van der Waals surface area contributed by atoms with Gasteiger partial charge in [0.25, 0.3) is 10.1 Å². The van der Waals surface area contributed by atoms with E-state index >= 15 is 0 Å². The molecule has 0 saturated heterocycles. The van der Waals surface area contributed by atoms with E-state index in [-0.39, 0.29) is 0 Å². The SMILES string of the molecule is CC(C)c1ncc[nH]1.CS(=O)(=O)O. The normalized spacial score (nSPS) is 10.8. The molecule has 1 aromatic rings. The van der Waals surface area contributed by atoms with E-state index in [4.69, 9.17) is 4.55 Å². The van der Waals surface area contributed by atoms with E-state index in [9.17, 15) is 8.42 Å². The second-order valence-corrected chi connectivity index (χ2v) is 4.33. The third-order valence-corrected chi connectivity index (χ3v) is 1.07. The Hall–Kier alpha value is -0.880. The average molecular weight is 206 g/mol. The molecule has 0 fully saturated rings. The minimum absolute atomic E-state index is 0.519. The van der Waals surface area contributed by atoms with Crippen LogP contribution in [0, 0.1) is 0 Å². The van der Waals surface area contributed by atoms with Crippen molar-refractivity contribution in [1.82, 2.24) is 9.97 Å². The zero-order valence-electron chi connectivity index (χ0n) is 7.85. The average Bonchev–Trinajstić information content (AvgIpc) is 2.31. The highest BCUT2D eigenvalue weighted by molar-refractivity contribution is 7.85. The molecule has 1 aromatic heterocycles. The van der Waals surface area contributed by atoms with Crippen LogP contribution in [0.15, 0.2) is 12.4 Å². The Morgan fingerprint density at radius 2 is 2.00 bits per heavy atom. The molecule has 0 aliphatic heterocycles. The first-order chi connectivity index (χ1) is 5.80. The van der Waals surface area contributed by atoms with Gasteiger partial charge in [-0.1, -0.05) is 13.8 Å². The van der Waals surface area contributed by atoms with Crippen molar-refractivity contribution in [2.75, 3.05) is 6.26 Å². The molecule has 0 unspecified atom stereocenters. The van der Waals surface area contributed by atoms with E-state index in [0.717, 1.165) is 5.82 Å². The van der Waals surface area contributed by atoms with Gasteiger partial charge in [0.05, 0.1) is 6.26 Å². The molecule has 5 nitrogen and oxygen atoms in total. The zero-order chi connectivity index (χ0) is 10.5. The summed E-state index contributed by atoms with van der Waals surface area (Å²) >= 11 is 0. The van der Waals surface area contributed by atoms with E-state index in [0.29, 0.717) is 12.2 Å². The smallest absolute Gasteiger partial charge is 0.261 e. The molecule has 0 aliphatic carbocycles. The Morgan fingerprint density at radius 3 is 2.15 bits per heavy atom. The summed E-state index contributed by atoms with van der Waals surface area (Å²) in [5.41, 5.74) is 0. The highest BCUT2D eigenvalue weighted by atomic mass is 32.2. The molecule has 0 aromatic carbocycles. The molecule has 0 radical (unpaired) electrons. The summed E-state index contributed by atoms with van der Waals surface area (Å²) in [5, 5.41) is 0. The number of H-pyrrole nitrogens is 1. The number of nitrogens with zero attached hydrogens (tertiary/aromatic N) is 1. The Bertz CT molecular complexity index is 308. The van der Waals surface area contributed by atoms with Gasteiger partial charge in [-0.2, -0.15) is 8.42 Å². The van der Waals surface area contributed by atoms with Gasteiger partial charge in [0.2, 0.25) is 0 Å². The van der Waals surface area contributed by atoms with E-state index in [1.165, 1.54) is 0 Å². The number of aromatic amines is 1. The molecule has 0 spiro atoms. The van der Waals surface area contributed by atoms with E-state index in [1.54, 1.807) is 6.20 Å². The molecule has 0 saturated carbocycles. The molecule has 0 aliphatic rings. The molecule has 13 heavy (non-hydrogen) atoms. The molecule has 2 N–H and O–H groups in total. The van der Waals surface area contributed by atoms with Gasteiger partial charge in [-0.15, -0.1) is 0 Å². The molecular formula is C7H14N2O3S. The first-order valence-electron chi connectivity index (χ1n) is 3.72. The summed E-state index contributed by atoms with van der Waals surface area (Å²) in [6, 6.07) is 0. The van der Waals surface area contributed by atoms with Crippen molar-refractivity contribution < 1.29 is 13.0 Å². The largest absolute Gasteiger partial charge is 0.348 e. The monoisotopic (exact) mass is 206 g/mol. The molecule has 0 atom stereocenters. The van der Waals surface area contributed by atoms with Crippen LogP contribution in [0.3, 0.4) is 0 Å². The minimum atomic E-state index is -3.67. The molecule has 6 heteroatoms. The van der Waals surface area contributed by atoms with Gasteiger partial charge in [0.15, 0.2) is 0 Å². The third kappa shape index (κ3) is 9.03. The first kappa shape index (κ1) is 12.1. The number of hydrogen-bond acceptors (Lipinski definition) is 3. The fourth-order valence-corrected chi connectivity index (χ4v) is 0.593. The van der Waals surface area contributed by atoms with Crippen molar-refractivity contribution in [1.29, 1.82) is 0 Å². The van der Waals surface area contributed by atoms with E-state index in [1.807, 2.05) is 6.20 Å². The van der Waals surface area contributed by atoms with Crippen LogP contribution in [0.1, 0.15) is 25.6 Å². The maximum absolute atomic E-state index is 9.19. The maximum atomic E-state index is 9.19. The third-order valence-electron chi connectivity index (χ3n) is 1.07. The number of aromatic nitrogens is 2. The molecule has 0 amide bonds. The Morgan fingerprint density at radius 1 is 1.54 bits per heavy atom. The lowest BCUT2D eigenvalue weighted by atomic mass is 10.2. The van der Waals surface area contributed by atoms with Gasteiger partial charge in [-0.25, -0.2) is 4.98 Å². The summed E-state index contributed by atoms with van der Waals surface area (Å²) in [4.78, 5) is 7.09. The van der Waals surface area contributed by atoms with Crippen molar-refractivity contribution in [3.05, 3.63) is 18.2 Å². The zero-order valence-corrected chi connectivity index (χ0v) is 8.67. The highest BCUT2D eigenvalue weighted by Gasteiger charge is 1.96. The predicted octanol–water partition coefficient (Wildman–Crippen LogP) is 1.04. The van der Waals surface area contributed by atoms with Crippen LogP contribution in [0.4, 0.5) is 0 Å². The maximum Gasteiger partial charge on any atom is 0.261 e. The van der Waals surface area contributed by atoms with Crippen LogP contribution in [0.25, 0.3) is 0 Å². The van der Waals surface area contributed by atoms with Gasteiger partial charge in [-0.05, 0) is 0 Å². The fraction of sp³-hybridized carbons (Fsp3) is 0.571. The lowest BCUT2D eigenvalue weighted by molar-refractivity contribution is 0.490. The highest BCUT2D eigenvalue weighted by Crippen LogP contribution is 2.05. The molecule has 76 valence electrons. The standard InChI is InChI=1S/C6H10N2.CH4O3S/c1-5(2)6-7-3-4-8-6;1-5(2,3)4/h3-5H,1-2H3,(H,7,8);1H3,(H,2,3,4). The second kappa shape index (κ2) is 4.98. The van der Waals surface area contributed by atoms with Crippen molar-refractivity contribution in [2.45, 2.75) is 19.8 Å². The fourth-order valence-electron chi connectivity index (χ4n) is 0.593. The van der Waals surface area contributed by atoms with Crippen molar-refractivity contribution in [2.24, 2.45) is 0 Å². The predicted molar refractivity (Wildman–Crippen MR) is 50.1 cm³/mol. The molecule has 1 rings (SSSR count). The summed E-state index contributed by atoms with van der Waals surface area (Å²) in [6.45, 7) is 4.22. The quantitative estimate of drug-likeness (QED) is 0.672. The molecule has 0 bridgehead atoms. The summed E-state index contributed by atoms with van der Waals surface area (Å²) < 4.78 is 25.9.